The van der Waals surface area contributed by atoms with Crippen molar-refractivity contribution in [3.8, 4) is 5.95 Å². The Morgan fingerprint density at radius 2 is 1.71 bits per heavy atom. The van der Waals surface area contributed by atoms with E-state index in [1.807, 2.05) is 0 Å². The minimum Gasteiger partial charge on any atom is -0.453 e. The number of benzene rings is 2. The van der Waals surface area contributed by atoms with Crippen LogP contribution in [-0.2, 0) is 17.7 Å². The van der Waals surface area contributed by atoms with Crippen LogP contribution in [0.3, 0.4) is 0 Å². The lowest BCUT2D eigenvalue weighted by Gasteiger charge is -2.11. The van der Waals surface area contributed by atoms with Gasteiger partial charge in [0.05, 0.1) is 30.4 Å². The second-order valence-corrected chi connectivity index (χ2v) is 7.14. The Morgan fingerprint density at radius 1 is 1.03 bits per heavy atom. The highest BCUT2D eigenvalue weighted by Crippen LogP contribution is 2.27. The van der Waals surface area contributed by atoms with E-state index in [0.717, 1.165) is 18.2 Å². The second-order valence-electron chi connectivity index (χ2n) is 7.14. The van der Waals surface area contributed by atoms with Gasteiger partial charge in [-0.15, -0.1) is 0 Å². The van der Waals surface area contributed by atoms with E-state index >= 15 is 0 Å². The second kappa shape index (κ2) is 8.84. The summed E-state index contributed by atoms with van der Waals surface area (Å²) in [4.78, 5) is 19.6. The molecule has 1 amide bonds. The average molecular weight is 475 g/mol. The minimum atomic E-state index is -1.37. The van der Waals surface area contributed by atoms with Gasteiger partial charge in [-0.25, -0.2) is 22.4 Å². The summed E-state index contributed by atoms with van der Waals surface area (Å²) in [6.45, 7) is -0.112. The molecule has 0 radical (unpaired) electrons. The molecular weight excluding hydrogens is 458 g/mol. The number of nitrogens with zero attached hydrogens (tertiary/aromatic N) is 4. The van der Waals surface area contributed by atoms with Crippen LogP contribution in [0.4, 0.5) is 34.0 Å². The monoisotopic (exact) mass is 475 g/mol. The number of alkyl carbamates (subject to hydrolysis) is 1. The molecular formula is C21H17F4N7O2. The summed E-state index contributed by atoms with van der Waals surface area (Å²) in [6, 6.07) is 5.08. The van der Waals surface area contributed by atoms with Crippen molar-refractivity contribution >= 4 is 28.6 Å². The molecule has 0 aliphatic carbocycles. The summed E-state index contributed by atoms with van der Waals surface area (Å²) in [5.74, 6) is -4.47. The predicted molar refractivity (Wildman–Crippen MR) is 114 cm³/mol. The minimum absolute atomic E-state index is 0.0371. The Hall–Kier alpha value is -4.42. The van der Waals surface area contributed by atoms with Crippen molar-refractivity contribution < 1.29 is 27.1 Å². The van der Waals surface area contributed by atoms with Gasteiger partial charge in [0.25, 0.3) is 5.95 Å². The van der Waals surface area contributed by atoms with Crippen molar-refractivity contribution in [2.45, 2.75) is 13.0 Å². The van der Waals surface area contributed by atoms with Gasteiger partial charge in [0.2, 0.25) is 0 Å². The standard InChI is InChI=1S/C21H17F4N7O2/c1-34-21(33)28-8-12-18(26)29-20(30-19(12)27)32-16-5-2-9(22)6-11(16)15(31-32)7-10-13(23)3-4-14(24)17(10)25/h2-6H,7-8H2,1H3,(H,28,33)(H4,26,27,29,30). The van der Waals surface area contributed by atoms with Crippen LogP contribution in [0.1, 0.15) is 16.8 Å². The number of methoxy groups -OCH3 is 1. The number of aromatic nitrogens is 4. The van der Waals surface area contributed by atoms with Gasteiger partial charge in [-0.05, 0) is 30.3 Å². The van der Waals surface area contributed by atoms with E-state index in [-0.39, 0.29) is 46.3 Å². The summed E-state index contributed by atoms with van der Waals surface area (Å²) >= 11 is 0. The molecule has 4 aromatic rings. The highest BCUT2D eigenvalue weighted by Gasteiger charge is 2.21. The van der Waals surface area contributed by atoms with E-state index in [1.54, 1.807) is 0 Å². The maximum absolute atomic E-state index is 14.2. The third-order valence-electron chi connectivity index (χ3n) is 5.05. The van der Waals surface area contributed by atoms with E-state index in [1.165, 1.54) is 17.9 Å². The van der Waals surface area contributed by atoms with Crippen LogP contribution in [0.15, 0.2) is 30.3 Å². The van der Waals surface area contributed by atoms with Gasteiger partial charge >= 0.3 is 6.09 Å². The quantitative estimate of drug-likeness (QED) is 0.298. The summed E-state index contributed by atoms with van der Waals surface area (Å²) in [7, 11) is 1.19. The molecule has 9 nitrogen and oxygen atoms in total. The Morgan fingerprint density at radius 3 is 2.38 bits per heavy atom. The molecule has 0 aliphatic heterocycles. The number of nitrogens with one attached hydrogen (secondary N) is 1. The molecule has 176 valence electrons. The van der Waals surface area contributed by atoms with Crippen LogP contribution in [0.2, 0.25) is 0 Å². The number of hydrogen-bond donors (Lipinski definition) is 3. The van der Waals surface area contributed by atoms with Crippen molar-refractivity contribution in [2.75, 3.05) is 18.6 Å². The van der Waals surface area contributed by atoms with Crippen molar-refractivity contribution in [3.63, 3.8) is 0 Å². The van der Waals surface area contributed by atoms with E-state index in [4.69, 9.17) is 11.5 Å². The number of carbonyl (C=O) groups excluding carboxylic acids is 1. The molecule has 2 heterocycles. The molecule has 0 atom stereocenters. The Bertz CT molecular complexity index is 1400. The number of ether oxygens (including phenoxy) is 1. The number of rotatable bonds is 5. The maximum atomic E-state index is 14.2. The average Bonchev–Trinajstić information content (AvgIpc) is 3.15. The molecule has 34 heavy (non-hydrogen) atoms. The molecule has 0 bridgehead atoms. The predicted octanol–water partition coefficient (Wildman–Crippen LogP) is 2.98. The summed E-state index contributed by atoms with van der Waals surface area (Å²) in [5, 5.41) is 6.88. The molecule has 4 rings (SSSR count). The first-order valence-electron chi connectivity index (χ1n) is 9.73. The van der Waals surface area contributed by atoms with E-state index in [9.17, 15) is 22.4 Å². The molecule has 0 spiro atoms. The Labute approximate surface area is 189 Å². The summed E-state index contributed by atoms with van der Waals surface area (Å²) in [5.41, 5.74) is 11.9. The van der Waals surface area contributed by atoms with Crippen LogP contribution in [0.25, 0.3) is 16.9 Å². The van der Waals surface area contributed by atoms with Crippen molar-refractivity contribution in [3.05, 3.63) is 70.4 Å². The molecule has 0 fully saturated rings. The molecule has 2 aromatic heterocycles. The van der Waals surface area contributed by atoms with Crippen molar-refractivity contribution in [1.82, 2.24) is 25.1 Å². The van der Waals surface area contributed by atoms with Gasteiger partial charge in [-0.1, -0.05) is 0 Å². The van der Waals surface area contributed by atoms with Gasteiger partial charge in [0.1, 0.15) is 23.3 Å². The lowest BCUT2D eigenvalue weighted by molar-refractivity contribution is 0.170. The van der Waals surface area contributed by atoms with Gasteiger partial charge in [-0.3, -0.25) is 0 Å². The highest BCUT2D eigenvalue weighted by atomic mass is 19.2. The summed E-state index contributed by atoms with van der Waals surface area (Å²) in [6.07, 6.45) is -1.20. The number of amides is 1. The highest BCUT2D eigenvalue weighted by molar-refractivity contribution is 5.83. The zero-order chi connectivity index (χ0) is 24.6. The van der Waals surface area contributed by atoms with Crippen LogP contribution in [0.5, 0.6) is 0 Å². The molecule has 0 unspecified atom stereocenters. The largest absolute Gasteiger partial charge is 0.453 e. The lowest BCUT2D eigenvalue weighted by Crippen LogP contribution is -2.24. The van der Waals surface area contributed by atoms with Crippen LogP contribution >= 0.6 is 0 Å². The van der Waals surface area contributed by atoms with E-state index in [2.05, 4.69) is 25.1 Å². The molecule has 0 saturated carbocycles. The van der Waals surface area contributed by atoms with Crippen LogP contribution in [-0.4, -0.2) is 33.0 Å². The van der Waals surface area contributed by atoms with Crippen LogP contribution in [0, 0.1) is 23.3 Å². The summed E-state index contributed by atoms with van der Waals surface area (Å²) < 4.78 is 61.8. The molecule has 0 aliphatic rings. The first kappa shape index (κ1) is 22.8. The number of carbonyl (C=O) groups is 1. The molecule has 5 N–H and O–H groups in total. The number of fused-ring (bicyclic) bond motifs is 1. The lowest BCUT2D eigenvalue weighted by atomic mass is 10.1. The van der Waals surface area contributed by atoms with Crippen molar-refractivity contribution in [2.24, 2.45) is 0 Å². The number of hydrogen-bond acceptors (Lipinski definition) is 7. The van der Waals surface area contributed by atoms with Gasteiger partial charge in [-0.2, -0.15) is 19.7 Å². The zero-order valence-electron chi connectivity index (χ0n) is 17.6. The van der Waals surface area contributed by atoms with Gasteiger partial charge in [0.15, 0.2) is 11.6 Å². The fourth-order valence-corrected chi connectivity index (χ4v) is 3.35. The maximum Gasteiger partial charge on any atom is 0.407 e. The third-order valence-corrected chi connectivity index (χ3v) is 5.05. The molecule has 13 heteroatoms. The number of anilines is 2. The molecule has 2 aromatic carbocycles. The Kier molecular flexibility index (Phi) is 5.92. The van der Waals surface area contributed by atoms with Gasteiger partial charge in [0, 0.05) is 17.4 Å². The van der Waals surface area contributed by atoms with Crippen LogP contribution < -0.4 is 16.8 Å². The van der Waals surface area contributed by atoms with Gasteiger partial charge < -0.3 is 21.5 Å². The first-order valence-corrected chi connectivity index (χ1v) is 9.73. The number of nitrogens with two attached hydrogens (primary N) is 2. The van der Waals surface area contributed by atoms with Crippen molar-refractivity contribution in [1.29, 1.82) is 0 Å². The van der Waals surface area contributed by atoms with E-state index < -0.39 is 41.3 Å². The smallest absolute Gasteiger partial charge is 0.407 e. The fourth-order valence-electron chi connectivity index (χ4n) is 3.35. The first-order chi connectivity index (χ1) is 16.2. The number of nitrogen functional groups attached to an aromatic ring is 2. The fraction of sp³-hybridized carbons (Fsp3) is 0.143. The molecule has 0 saturated heterocycles. The third kappa shape index (κ3) is 4.14. The van der Waals surface area contributed by atoms with E-state index in [0.29, 0.717) is 6.07 Å². The SMILES string of the molecule is COC(=O)NCc1c(N)nc(-n2nc(Cc3c(F)ccc(F)c3F)c3cc(F)ccc32)nc1N. The normalized spacial score (nSPS) is 11.1. The Balaban J connectivity index is 1.81. The topological polar surface area (TPSA) is 134 Å². The zero-order valence-corrected chi connectivity index (χ0v) is 17.6. The number of halogens is 4.